The Bertz CT molecular complexity index is 1530. The number of nitrogens with one attached hydrogen (secondary N) is 1. The number of hydrogen-bond donors (Lipinski definition) is 2. The van der Waals surface area contributed by atoms with Gasteiger partial charge in [0.2, 0.25) is 0 Å². The Hall–Kier alpha value is -3.33. The van der Waals surface area contributed by atoms with Gasteiger partial charge in [-0.05, 0) is 42.0 Å². The maximum Gasteiger partial charge on any atom is 0.153 e. The number of aliphatic carboxylic acids is 1. The van der Waals surface area contributed by atoms with Gasteiger partial charge in [-0.3, -0.25) is 0 Å². The minimum atomic E-state index is -1.04. The number of thioether (sulfide) groups is 1. The fraction of sp³-hybridized carbons (Fsp3) is 0.185. The van der Waals surface area contributed by atoms with Crippen molar-refractivity contribution < 1.29 is 20.0 Å². The fourth-order valence-corrected chi connectivity index (χ4v) is 6.97. The van der Waals surface area contributed by atoms with E-state index in [1.165, 1.54) is 4.70 Å². The van der Waals surface area contributed by atoms with Crippen LogP contribution in [0.1, 0.15) is 28.4 Å². The molecule has 0 bridgehead atoms. The lowest BCUT2D eigenvalue weighted by atomic mass is 9.90. The molecule has 0 saturated heterocycles. The highest BCUT2D eigenvalue weighted by Crippen LogP contribution is 2.36. The van der Waals surface area contributed by atoms with Gasteiger partial charge in [0, 0.05) is 34.2 Å². The summed E-state index contributed by atoms with van der Waals surface area (Å²) >= 11 is 3.37. The van der Waals surface area contributed by atoms with E-state index < -0.39 is 12.0 Å². The van der Waals surface area contributed by atoms with E-state index in [-0.39, 0.29) is 6.04 Å². The second-order valence-electron chi connectivity index (χ2n) is 8.67. The van der Waals surface area contributed by atoms with Crippen molar-refractivity contribution in [2.75, 3.05) is 7.11 Å². The molecule has 8 heteroatoms. The number of nitrogens with zero attached hydrogens (tertiary/aromatic N) is 1. The standard InChI is InChI=1S/C27H23N3O3S2/c1-33-22-11-10-15(12-16(22)14-34-27-30-20-8-4-5-9-23(20)35-27)24-25-18(13-21(29-24)26(31)32)17-6-2-3-7-19(17)28-25/h2-12,21,24,28-29H,13-14H2,1H3,(H,31,32)/t21-,24-/m0/s1. The fourth-order valence-electron chi connectivity index (χ4n) is 4.92. The third kappa shape index (κ3) is 4.07. The number of aromatic amines is 1. The maximum atomic E-state index is 11.9. The number of carbonyl (C=O) groups is 1. The van der Waals surface area contributed by atoms with Crippen LogP contribution in [0.15, 0.2) is 71.1 Å². The number of benzene rings is 3. The van der Waals surface area contributed by atoms with Gasteiger partial charge in [0.1, 0.15) is 11.8 Å². The van der Waals surface area contributed by atoms with Crippen molar-refractivity contribution in [2.24, 2.45) is 0 Å². The molecule has 2 atom stereocenters. The zero-order chi connectivity index (χ0) is 23.9. The van der Waals surface area contributed by atoms with Gasteiger partial charge >= 0.3 is 0 Å². The maximum absolute atomic E-state index is 11.9. The Morgan fingerprint density at radius 1 is 1.20 bits per heavy atom. The van der Waals surface area contributed by atoms with Crippen LogP contribution in [-0.4, -0.2) is 29.1 Å². The van der Waals surface area contributed by atoms with E-state index in [1.807, 2.05) is 59.9 Å². The quantitative estimate of drug-likeness (QED) is 0.348. The molecule has 0 spiro atoms. The van der Waals surface area contributed by atoms with Crippen LogP contribution in [0.25, 0.3) is 21.1 Å². The lowest BCUT2D eigenvalue weighted by Crippen LogP contribution is -2.95. The number of rotatable bonds is 6. The molecule has 35 heavy (non-hydrogen) atoms. The van der Waals surface area contributed by atoms with Gasteiger partial charge < -0.3 is 24.9 Å². The smallest absolute Gasteiger partial charge is 0.153 e. The second kappa shape index (κ2) is 9.03. The highest BCUT2D eigenvalue weighted by molar-refractivity contribution is 8.00. The van der Waals surface area contributed by atoms with E-state index in [1.54, 1.807) is 30.2 Å². The summed E-state index contributed by atoms with van der Waals surface area (Å²) in [6, 6.07) is 21.5. The molecular weight excluding hydrogens is 478 g/mol. The molecule has 0 saturated carbocycles. The molecule has 0 radical (unpaired) electrons. The van der Waals surface area contributed by atoms with Crippen LogP contribution < -0.4 is 15.2 Å². The SMILES string of the molecule is COc1ccc([C@@H]2[NH2+][C@H](C(=O)[O-])Cc3c2[nH]c2ccccc32)cc1CSc1nc2ccccc2s1. The summed E-state index contributed by atoms with van der Waals surface area (Å²) < 4.78 is 7.84. The minimum absolute atomic E-state index is 0.175. The van der Waals surface area contributed by atoms with Crippen LogP contribution in [0.3, 0.4) is 0 Å². The number of para-hydroxylation sites is 2. The zero-order valence-electron chi connectivity index (χ0n) is 19.0. The first-order chi connectivity index (χ1) is 17.1. The molecule has 0 fully saturated rings. The molecule has 1 aliphatic rings. The van der Waals surface area contributed by atoms with Gasteiger partial charge in [-0.15, -0.1) is 11.3 Å². The van der Waals surface area contributed by atoms with Crippen LogP contribution in [0, 0.1) is 0 Å². The summed E-state index contributed by atoms with van der Waals surface area (Å²) in [6.45, 7) is 0. The molecular formula is C27H23N3O3S2. The second-order valence-corrected chi connectivity index (χ2v) is 10.9. The van der Waals surface area contributed by atoms with Crippen molar-refractivity contribution in [2.45, 2.75) is 28.6 Å². The predicted molar refractivity (Wildman–Crippen MR) is 137 cm³/mol. The molecule has 6 rings (SSSR count). The topological polar surface area (TPSA) is 94.6 Å². The van der Waals surface area contributed by atoms with E-state index in [0.29, 0.717) is 12.2 Å². The zero-order valence-corrected chi connectivity index (χ0v) is 20.6. The summed E-state index contributed by atoms with van der Waals surface area (Å²) in [4.78, 5) is 20.2. The Kier molecular flexibility index (Phi) is 5.72. The van der Waals surface area contributed by atoms with Gasteiger partial charge in [-0.25, -0.2) is 4.98 Å². The van der Waals surface area contributed by atoms with E-state index in [2.05, 4.69) is 17.1 Å². The van der Waals surface area contributed by atoms with Gasteiger partial charge in [0.15, 0.2) is 10.4 Å². The van der Waals surface area contributed by atoms with Gasteiger partial charge in [0.05, 0.1) is 29.0 Å². The summed E-state index contributed by atoms with van der Waals surface area (Å²) in [5, 5.41) is 14.9. The van der Waals surface area contributed by atoms with Crippen LogP contribution in [0.2, 0.25) is 0 Å². The van der Waals surface area contributed by atoms with Crippen LogP contribution in [-0.2, 0) is 17.0 Å². The van der Waals surface area contributed by atoms with Crippen molar-refractivity contribution in [3.8, 4) is 5.75 Å². The molecule has 0 aliphatic carbocycles. The van der Waals surface area contributed by atoms with Gasteiger partial charge in [0.25, 0.3) is 0 Å². The molecule has 6 nitrogen and oxygen atoms in total. The predicted octanol–water partition coefficient (Wildman–Crippen LogP) is 3.41. The Morgan fingerprint density at radius 2 is 2.03 bits per heavy atom. The van der Waals surface area contributed by atoms with E-state index in [9.17, 15) is 9.90 Å². The minimum Gasteiger partial charge on any atom is -0.544 e. The van der Waals surface area contributed by atoms with E-state index in [4.69, 9.17) is 9.72 Å². The first kappa shape index (κ1) is 22.2. The van der Waals surface area contributed by atoms with Gasteiger partial charge in [-0.1, -0.05) is 42.1 Å². The number of methoxy groups -OCH3 is 1. The normalized spacial score (nSPS) is 17.5. The van der Waals surface area contributed by atoms with Crippen LogP contribution >= 0.6 is 23.1 Å². The molecule has 1 aliphatic heterocycles. The molecule has 0 amide bonds. The Labute approximate surface area is 210 Å². The number of carboxylic acids is 1. The molecule has 0 unspecified atom stereocenters. The number of fused-ring (bicyclic) bond motifs is 4. The molecule has 3 N–H and O–H groups in total. The summed E-state index contributed by atoms with van der Waals surface area (Å²) in [6.07, 6.45) is 0.439. The van der Waals surface area contributed by atoms with Crippen LogP contribution in [0.4, 0.5) is 0 Å². The van der Waals surface area contributed by atoms with Crippen molar-refractivity contribution in [3.05, 3.63) is 89.1 Å². The molecule has 3 aromatic carbocycles. The number of ether oxygens (including phenoxy) is 1. The Morgan fingerprint density at radius 3 is 2.86 bits per heavy atom. The summed E-state index contributed by atoms with van der Waals surface area (Å²) in [7, 11) is 1.68. The number of carboxylic acid groups (broad SMARTS) is 1. The number of hydrogen-bond acceptors (Lipinski definition) is 6. The first-order valence-corrected chi connectivity index (χ1v) is 13.2. The molecule has 2 aromatic heterocycles. The highest BCUT2D eigenvalue weighted by Gasteiger charge is 2.35. The third-order valence-electron chi connectivity index (χ3n) is 6.60. The average molecular weight is 502 g/mol. The van der Waals surface area contributed by atoms with Crippen LogP contribution in [0.5, 0.6) is 5.75 Å². The monoisotopic (exact) mass is 501 g/mol. The summed E-state index contributed by atoms with van der Waals surface area (Å²) in [5.41, 5.74) is 6.23. The first-order valence-electron chi connectivity index (χ1n) is 11.4. The van der Waals surface area contributed by atoms with Crippen molar-refractivity contribution >= 4 is 50.2 Å². The Balaban J connectivity index is 1.36. The number of nitrogens with two attached hydrogens (primary N) is 1. The number of thiazole rings is 1. The number of quaternary nitrogens is 1. The van der Waals surface area contributed by atoms with E-state index in [0.717, 1.165) is 48.9 Å². The van der Waals surface area contributed by atoms with Crippen molar-refractivity contribution in [3.63, 3.8) is 0 Å². The highest BCUT2D eigenvalue weighted by atomic mass is 32.2. The van der Waals surface area contributed by atoms with Crippen molar-refractivity contribution in [1.29, 1.82) is 0 Å². The number of H-pyrrole nitrogens is 1. The van der Waals surface area contributed by atoms with Crippen molar-refractivity contribution in [1.82, 2.24) is 9.97 Å². The number of aromatic nitrogens is 2. The summed E-state index contributed by atoms with van der Waals surface area (Å²) in [5.74, 6) is 0.477. The van der Waals surface area contributed by atoms with Gasteiger partial charge in [-0.2, -0.15) is 0 Å². The van der Waals surface area contributed by atoms with E-state index >= 15 is 0 Å². The molecule has 5 aromatic rings. The average Bonchev–Trinajstić information content (AvgIpc) is 3.47. The molecule has 176 valence electrons. The lowest BCUT2D eigenvalue weighted by Gasteiger charge is -2.29. The molecule has 3 heterocycles. The lowest BCUT2D eigenvalue weighted by molar-refractivity contribution is -0.717. The third-order valence-corrected chi connectivity index (χ3v) is 8.83. The number of carbonyl (C=O) groups excluding carboxylic acids is 1. The largest absolute Gasteiger partial charge is 0.544 e.